The zero-order valence-electron chi connectivity index (χ0n) is 11.1. The van der Waals surface area contributed by atoms with Crippen molar-refractivity contribution in [3.8, 4) is 0 Å². The second-order valence-corrected chi connectivity index (χ2v) is 5.01. The minimum Gasteiger partial charge on any atom is -0.299 e. The van der Waals surface area contributed by atoms with Gasteiger partial charge in [0.25, 0.3) is 0 Å². The molecule has 0 N–H and O–H groups in total. The fourth-order valence-corrected chi connectivity index (χ4v) is 1.85. The van der Waals surface area contributed by atoms with E-state index in [-0.39, 0.29) is 0 Å². The van der Waals surface area contributed by atoms with Crippen molar-refractivity contribution in [2.24, 2.45) is 5.92 Å². The summed E-state index contributed by atoms with van der Waals surface area (Å²) in [5.74, 6) is 0.865. The van der Waals surface area contributed by atoms with Crippen molar-refractivity contribution >= 4 is 6.29 Å². The summed E-state index contributed by atoms with van der Waals surface area (Å²) in [6.07, 6.45) is 16.4. The third-order valence-corrected chi connectivity index (χ3v) is 2.87. The van der Waals surface area contributed by atoms with E-state index in [1.54, 1.807) is 6.08 Å². The highest BCUT2D eigenvalue weighted by molar-refractivity contribution is 5.64. The van der Waals surface area contributed by atoms with Gasteiger partial charge in [-0.1, -0.05) is 64.9 Å². The fourth-order valence-electron chi connectivity index (χ4n) is 1.85. The number of carbonyl (C=O) groups excluding carboxylic acids is 1. The maximum atomic E-state index is 10.0. The number of rotatable bonds is 11. The molecule has 0 saturated carbocycles. The highest BCUT2D eigenvalue weighted by atomic mass is 16.1. The van der Waals surface area contributed by atoms with Gasteiger partial charge in [0, 0.05) is 0 Å². The van der Waals surface area contributed by atoms with E-state index in [1.807, 2.05) is 6.08 Å². The lowest BCUT2D eigenvalue weighted by molar-refractivity contribution is -0.104. The summed E-state index contributed by atoms with van der Waals surface area (Å²) in [4.78, 5) is 10.0. The van der Waals surface area contributed by atoms with Gasteiger partial charge in [-0.25, -0.2) is 0 Å². The van der Waals surface area contributed by atoms with Crippen molar-refractivity contribution in [3.05, 3.63) is 12.2 Å². The maximum absolute atomic E-state index is 10.0. The average molecular weight is 224 g/mol. The van der Waals surface area contributed by atoms with Gasteiger partial charge in [0.05, 0.1) is 0 Å². The van der Waals surface area contributed by atoms with Gasteiger partial charge in [-0.15, -0.1) is 0 Å². The molecule has 0 unspecified atom stereocenters. The molecule has 0 aromatic heterocycles. The molecule has 1 heteroatoms. The standard InChI is InChI=1S/C15H28O/c1-15(2)13-11-9-7-5-3-4-6-8-10-12-14-16/h10,12,14-15H,3-9,11,13H2,1-2H3. The lowest BCUT2D eigenvalue weighted by Crippen LogP contribution is -1.87. The molecule has 0 heterocycles. The number of allylic oxidation sites excluding steroid dienone is 2. The molecule has 0 atom stereocenters. The van der Waals surface area contributed by atoms with Gasteiger partial charge in [0.2, 0.25) is 0 Å². The first kappa shape index (κ1) is 15.4. The van der Waals surface area contributed by atoms with Gasteiger partial charge >= 0.3 is 0 Å². The van der Waals surface area contributed by atoms with E-state index in [0.29, 0.717) is 0 Å². The van der Waals surface area contributed by atoms with Crippen LogP contribution in [0, 0.1) is 5.92 Å². The van der Waals surface area contributed by atoms with Gasteiger partial charge in [-0.05, 0) is 24.8 Å². The van der Waals surface area contributed by atoms with Crippen molar-refractivity contribution in [3.63, 3.8) is 0 Å². The van der Waals surface area contributed by atoms with E-state index in [2.05, 4.69) is 13.8 Å². The van der Waals surface area contributed by atoms with E-state index in [1.165, 1.54) is 51.4 Å². The summed E-state index contributed by atoms with van der Waals surface area (Å²) in [6, 6.07) is 0. The largest absolute Gasteiger partial charge is 0.299 e. The molecule has 0 aromatic carbocycles. The van der Waals surface area contributed by atoms with Crippen molar-refractivity contribution in [1.82, 2.24) is 0 Å². The van der Waals surface area contributed by atoms with Crippen LogP contribution < -0.4 is 0 Å². The fraction of sp³-hybridized carbons (Fsp3) is 0.800. The Morgan fingerprint density at radius 3 is 2.00 bits per heavy atom. The molecule has 1 nitrogen and oxygen atoms in total. The zero-order valence-corrected chi connectivity index (χ0v) is 11.1. The van der Waals surface area contributed by atoms with Crippen LogP contribution in [-0.4, -0.2) is 6.29 Å². The smallest absolute Gasteiger partial charge is 0.142 e. The molecule has 0 rings (SSSR count). The summed E-state index contributed by atoms with van der Waals surface area (Å²) in [7, 11) is 0. The van der Waals surface area contributed by atoms with E-state index >= 15 is 0 Å². The van der Waals surface area contributed by atoms with Gasteiger partial charge in [0.15, 0.2) is 0 Å². The highest BCUT2D eigenvalue weighted by Gasteiger charge is 1.94. The van der Waals surface area contributed by atoms with E-state index in [4.69, 9.17) is 0 Å². The monoisotopic (exact) mass is 224 g/mol. The van der Waals surface area contributed by atoms with Crippen LogP contribution in [0.5, 0.6) is 0 Å². The molecule has 0 aliphatic heterocycles. The Bertz CT molecular complexity index is 170. The third-order valence-electron chi connectivity index (χ3n) is 2.87. The molecule has 0 aliphatic carbocycles. The maximum Gasteiger partial charge on any atom is 0.142 e. The Labute approximate surface area is 101 Å². The quantitative estimate of drug-likeness (QED) is 0.277. The lowest BCUT2D eigenvalue weighted by Gasteiger charge is -2.04. The SMILES string of the molecule is CC(C)CCCCCCCCCC=CC=O. The summed E-state index contributed by atoms with van der Waals surface area (Å²) >= 11 is 0. The average Bonchev–Trinajstić information content (AvgIpc) is 2.25. The summed E-state index contributed by atoms with van der Waals surface area (Å²) in [6.45, 7) is 4.60. The predicted molar refractivity (Wildman–Crippen MR) is 71.6 cm³/mol. The van der Waals surface area contributed by atoms with Gasteiger partial charge in [0.1, 0.15) is 6.29 Å². The van der Waals surface area contributed by atoms with Crippen molar-refractivity contribution in [2.75, 3.05) is 0 Å². The Morgan fingerprint density at radius 2 is 1.44 bits per heavy atom. The van der Waals surface area contributed by atoms with Crippen LogP contribution in [0.2, 0.25) is 0 Å². The lowest BCUT2D eigenvalue weighted by atomic mass is 10.0. The van der Waals surface area contributed by atoms with Crippen molar-refractivity contribution in [1.29, 1.82) is 0 Å². The molecule has 94 valence electrons. The molecular weight excluding hydrogens is 196 g/mol. The van der Waals surface area contributed by atoms with Gasteiger partial charge in [-0.3, -0.25) is 4.79 Å². The van der Waals surface area contributed by atoms with Crippen molar-refractivity contribution < 1.29 is 4.79 Å². The normalized spacial score (nSPS) is 11.4. The Balaban J connectivity index is 2.98. The minimum absolute atomic E-state index is 0.856. The molecule has 0 bridgehead atoms. The third kappa shape index (κ3) is 13.4. The Morgan fingerprint density at radius 1 is 0.875 bits per heavy atom. The molecular formula is C15H28O. The minimum atomic E-state index is 0.856. The molecule has 0 amide bonds. The Kier molecular flexibility index (Phi) is 12.0. The van der Waals surface area contributed by atoms with Crippen LogP contribution >= 0.6 is 0 Å². The number of hydrogen-bond acceptors (Lipinski definition) is 1. The van der Waals surface area contributed by atoms with Crippen LogP contribution in [0.25, 0.3) is 0 Å². The second kappa shape index (κ2) is 12.5. The molecule has 0 spiro atoms. The molecule has 0 aliphatic rings. The number of carbonyl (C=O) groups is 1. The van der Waals surface area contributed by atoms with Crippen molar-refractivity contribution in [2.45, 2.75) is 71.6 Å². The predicted octanol–water partition coefficient (Wildman–Crippen LogP) is 4.91. The van der Waals surface area contributed by atoms with Crippen LogP contribution in [0.15, 0.2) is 12.2 Å². The van der Waals surface area contributed by atoms with E-state index in [9.17, 15) is 4.79 Å². The van der Waals surface area contributed by atoms with E-state index in [0.717, 1.165) is 18.6 Å². The number of hydrogen-bond donors (Lipinski definition) is 0. The first-order valence-corrected chi connectivity index (χ1v) is 6.87. The number of unbranched alkanes of at least 4 members (excludes halogenated alkanes) is 7. The molecule has 16 heavy (non-hydrogen) atoms. The molecule has 0 aromatic rings. The van der Waals surface area contributed by atoms with Crippen LogP contribution in [0.1, 0.15) is 71.6 Å². The molecule has 0 radical (unpaired) electrons. The summed E-state index contributed by atoms with van der Waals surface area (Å²) < 4.78 is 0. The van der Waals surface area contributed by atoms with Crippen LogP contribution in [0.3, 0.4) is 0 Å². The zero-order chi connectivity index (χ0) is 12.1. The molecule has 0 fully saturated rings. The van der Waals surface area contributed by atoms with Crippen LogP contribution in [0.4, 0.5) is 0 Å². The summed E-state index contributed by atoms with van der Waals surface area (Å²) in [5.41, 5.74) is 0. The second-order valence-electron chi connectivity index (χ2n) is 5.01. The van der Waals surface area contributed by atoms with E-state index < -0.39 is 0 Å². The molecule has 0 saturated heterocycles. The topological polar surface area (TPSA) is 17.1 Å². The number of aldehydes is 1. The first-order chi connectivity index (χ1) is 7.77. The Hall–Kier alpha value is -0.590. The van der Waals surface area contributed by atoms with Gasteiger partial charge in [-0.2, -0.15) is 0 Å². The highest BCUT2D eigenvalue weighted by Crippen LogP contribution is 2.12. The first-order valence-electron chi connectivity index (χ1n) is 6.87. The van der Waals surface area contributed by atoms with Crippen LogP contribution in [-0.2, 0) is 4.79 Å². The van der Waals surface area contributed by atoms with Gasteiger partial charge < -0.3 is 0 Å². The summed E-state index contributed by atoms with van der Waals surface area (Å²) in [5, 5.41) is 0.